The number of urea groups is 1. The molecule has 2 amide bonds. The molecule has 0 atom stereocenters. The second kappa shape index (κ2) is 3.54. The number of rotatable bonds is 1. The van der Waals surface area contributed by atoms with E-state index in [9.17, 15) is 4.79 Å². The molecule has 13 heavy (non-hydrogen) atoms. The monoisotopic (exact) mass is 183 g/mol. The fourth-order valence-electron chi connectivity index (χ4n) is 2.16. The third-order valence-electron chi connectivity index (χ3n) is 3.18. The van der Waals surface area contributed by atoms with E-state index in [0.717, 1.165) is 25.9 Å². The van der Waals surface area contributed by atoms with Gasteiger partial charge in [-0.2, -0.15) is 0 Å². The molecule has 0 aromatic rings. The normalized spacial score (nSPS) is 25.7. The predicted molar refractivity (Wildman–Crippen MR) is 50.4 cm³/mol. The van der Waals surface area contributed by atoms with Crippen molar-refractivity contribution in [3.05, 3.63) is 0 Å². The molecule has 0 unspecified atom stereocenters. The SMILES string of the molecule is NC(=O)N1CCC(N2CCC2)CC1. The van der Waals surface area contributed by atoms with Gasteiger partial charge in [0.1, 0.15) is 0 Å². The summed E-state index contributed by atoms with van der Waals surface area (Å²) in [4.78, 5) is 15.1. The Morgan fingerprint density at radius 3 is 2.15 bits per heavy atom. The Balaban J connectivity index is 1.78. The predicted octanol–water partition coefficient (Wildman–Crippen LogP) is 0.235. The third kappa shape index (κ3) is 1.77. The molecule has 74 valence electrons. The molecule has 4 nitrogen and oxygen atoms in total. The minimum absolute atomic E-state index is 0.262. The molecule has 4 heteroatoms. The molecule has 0 saturated carbocycles. The molecular formula is C9H17N3O. The van der Waals surface area contributed by atoms with Crippen molar-refractivity contribution in [1.29, 1.82) is 0 Å². The van der Waals surface area contributed by atoms with Gasteiger partial charge in [0.15, 0.2) is 0 Å². The molecule has 2 rings (SSSR count). The van der Waals surface area contributed by atoms with E-state index in [4.69, 9.17) is 5.73 Å². The van der Waals surface area contributed by atoms with Crippen LogP contribution in [0.2, 0.25) is 0 Å². The first-order chi connectivity index (χ1) is 6.27. The summed E-state index contributed by atoms with van der Waals surface area (Å²) in [5.74, 6) is 0. The van der Waals surface area contributed by atoms with E-state index in [2.05, 4.69) is 4.90 Å². The van der Waals surface area contributed by atoms with E-state index in [0.29, 0.717) is 6.04 Å². The Kier molecular flexibility index (Phi) is 2.40. The number of nitrogens with zero attached hydrogens (tertiary/aromatic N) is 2. The van der Waals surface area contributed by atoms with E-state index < -0.39 is 0 Å². The molecule has 2 heterocycles. The summed E-state index contributed by atoms with van der Waals surface area (Å²) < 4.78 is 0. The minimum Gasteiger partial charge on any atom is -0.351 e. The second-order valence-corrected chi connectivity index (χ2v) is 3.95. The zero-order valence-electron chi connectivity index (χ0n) is 7.91. The standard InChI is InChI=1S/C9H17N3O/c10-9(13)12-6-2-8(3-7-12)11-4-1-5-11/h8H,1-7H2,(H2,10,13). The molecule has 2 saturated heterocycles. The maximum atomic E-state index is 10.8. The van der Waals surface area contributed by atoms with Crippen LogP contribution >= 0.6 is 0 Å². The smallest absolute Gasteiger partial charge is 0.314 e. The number of primary amides is 1. The van der Waals surface area contributed by atoms with Crippen molar-refractivity contribution in [2.45, 2.75) is 25.3 Å². The molecule has 0 bridgehead atoms. The number of piperidine rings is 1. The number of nitrogens with two attached hydrogens (primary N) is 1. The molecule has 2 N–H and O–H groups in total. The zero-order chi connectivity index (χ0) is 9.26. The maximum absolute atomic E-state index is 10.8. The highest BCUT2D eigenvalue weighted by atomic mass is 16.2. The summed E-state index contributed by atoms with van der Waals surface area (Å²) in [7, 11) is 0. The number of carbonyl (C=O) groups is 1. The highest BCUT2D eigenvalue weighted by Gasteiger charge is 2.28. The van der Waals surface area contributed by atoms with Crippen molar-refractivity contribution in [3.63, 3.8) is 0 Å². The Bertz CT molecular complexity index is 195. The first kappa shape index (κ1) is 8.81. The van der Waals surface area contributed by atoms with Crippen LogP contribution in [0.1, 0.15) is 19.3 Å². The van der Waals surface area contributed by atoms with Crippen LogP contribution in [0.5, 0.6) is 0 Å². The van der Waals surface area contributed by atoms with Gasteiger partial charge in [-0.3, -0.25) is 0 Å². The van der Waals surface area contributed by atoms with Gasteiger partial charge in [0.25, 0.3) is 0 Å². The Labute approximate surface area is 78.7 Å². The lowest BCUT2D eigenvalue weighted by Gasteiger charge is -2.42. The Hall–Kier alpha value is -0.770. The van der Waals surface area contributed by atoms with Gasteiger partial charge in [-0.25, -0.2) is 4.79 Å². The largest absolute Gasteiger partial charge is 0.351 e. The van der Waals surface area contributed by atoms with Crippen LogP contribution in [-0.4, -0.2) is 48.1 Å². The lowest BCUT2D eigenvalue weighted by atomic mass is 10.00. The summed E-state index contributed by atoms with van der Waals surface area (Å²) in [5.41, 5.74) is 5.21. The van der Waals surface area contributed by atoms with Crippen LogP contribution in [0.4, 0.5) is 4.79 Å². The van der Waals surface area contributed by atoms with Crippen LogP contribution in [0.15, 0.2) is 0 Å². The van der Waals surface area contributed by atoms with Gasteiger partial charge in [-0.15, -0.1) is 0 Å². The van der Waals surface area contributed by atoms with Gasteiger partial charge >= 0.3 is 6.03 Å². The quantitative estimate of drug-likeness (QED) is 0.633. The molecule has 0 radical (unpaired) electrons. The van der Waals surface area contributed by atoms with Crippen molar-refractivity contribution in [2.75, 3.05) is 26.2 Å². The highest BCUT2D eigenvalue weighted by Crippen LogP contribution is 2.20. The molecular weight excluding hydrogens is 166 g/mol. The van der Waals surface area contributed by atoms with Gasteiger partial charge in [0.2, 0.25) is 0 Å². The van der Waals surface area contributed by atoms with Crippen LogP contribution in [-0.2, 0) is 0 Å². The van der Waals surface area contributed by atoms with Gasteiger partial charge < -0.3 is 15.5 Å². The average molecular weight is 183 g/mol. The zero-order valence-corrected chi connectivity index (χ0v) is 7.91. The molecule has 0 aromatic heterocycles. The summed E-state index contributed by atoms with van der Waals surface area (Å²) in [6, 6.07) is 0.450. The lowest BCUT2D eigenvalue weighted by molar-refractivity contribution is 0.0728. The van der Waals surface area contributed by atoms with Crippen molar-refractivity contribution in [1.82, 2.24) is 9.80 Å². The van der Waals surface area contributed by atoms with E-state index >= 15 is 0 Å². The fraction of sp³-hybridized carbons (Fsp3) is 0.889. The van der Waals surface area contributed by atoms with Crippen LogP contribution in [0.3, 0.4) is 0 Å². The van der Waals surface area contributed by atoms with Crippen molar-refractivity contribution < 1.29 is 4.79 Å². The van der Waals surface area contributed by atoms with Gasteiger partial charge in [0.05, 0.1) is 0 Å². The number of hydrogen-bond donors (Lipinski definition) is 1. The molecule has 2 fully saturated rings. The third-order valence-corrected chi connectivity index (χ3v) is 3.18. The van der Waals surface area contributed by atoms with Crippen LogP contribution < -0.4 is 5.73 Å². The van der Waals surface area contributed by atoms with E-state index in [-0.39, 0.29) is 6.03 Å². The first-order valence-electron chi connectivity index (χ1n) is 5.06. The van der Waals surface area contributed by atoms with Crippen molar-refractivity contribution in [2.24, 2.45) is 5.73 Å². The average Bonchev–Trinajstić information content (AvgIpc) is 2.02. The van der Waals surface area contributed by atoms with Crippen LogP contribution in [0.25, 0.3) is 0 Å². The van der Waals surface area contributed by atoms with Gasteiger partial charge in [-0.05, 0) is 32.4 Å². The molecule has 2 aliphatic rings. The minimum atomic E-state index is -0.262. The first-order valence-corrected chi connectivity index (χ1v) is 5.06. The van der Waals surface area contributed by atoms with E-state index in [1.54, 1.807) is 4.90 Å². The summed E-state index contributed by atoms with van der Waals surface area (Å²) in [6.45, 7) is 4.19. The summed E-state index contributed by atoms with van der Waals surface area (Å²) in [6.07, 6.45) is 3.54. The maximum Gasteiger partial charge on any atom is 0.314 e. The summed E-state index contributed by atoms with van der Waals surface area (Å²) >= 11 is 0. The number of hydrogen-bond acceptors (Lipinski definition) is 2. The van der Waals surface area contributed by atoms with Gasteiger partial charge in [0, 0.05) is 19.1 Å². The van der Waals surface area contributed by atoms with Crippen LogP contribution in [0, 0.1) is 0 Å². The topological polar surface area (TPSA) is 49.6 Å². The fourth-order valence-corrected chi connectivity index (χ4v) is 2.16. The second-order valence-electron chi connectivity index (χ2n) is 3.95. The van der Waals surface area contributed by atoms with E-state index in [1.807, 2.05) is 0 Å². The van der Waals surface area contributed by atoms with E-state index in [1.165, 1.54) is 19.5 Å². The molecule has 0 aromatic carbocycles. The number of amides is 2. The summed E-state index contributed by atoms with van der Waals surface area (Å²) in [5, 5.41) is 0. The highest BCUT2D eigenvalue weighted by molar-refractivity contribution is 5.72. The Morgan fingerprint density at radius 2 is 1.77 bits per heavy atom. The molecule has 0 aliphatic carbocycles. The lowest BCUT2D eigenvalue weighted by Crippen LogP contribution is -2.52. The Morgan fingerprint density at radius 1 is 1.15 bits per heavy atom. The van der Waals surface area contributed by atoms with Crippen molar-refractivity contribution in [3.8, 4) is 0 Å². The molecule has 2 aliphatic heterocycles. The number of likely N-dealkylation sites (tertiary alicyclic amines) is 2. The number of carbonyl (C=O) groups excluding carboxylic acids is 1. The van der Waals surface area contributed by atoms with Gasteiger partial charge in [-0.1, -0.05) is 0 Å². The van der Waals surface area contributed by atoms with Crippen molar-refractivity contribution >= 4 is 6.03 Å². The molecule has 0 spiro atoms.